The number of hydrogen-bond acceptors (Lipinski definition) is 3. The molecule has 0 aliphatic rings. The Morgan fingerprint density at radius 3 is 1.81 bits per heavy atom. The lowest BCUT2D eigenvalue weighted by atomic mass is 10.00. The molecule has 5 N–H and O–H groups in total. The summed E-state index contributed by atoms with van der Waals surface area (Å²) < 4.78 is 0. The second kappa shape index (κ2) is 7.46. The summed E-state index contributed by atoms with van der Waals surface area (Å²) in [6.45, 7) is 7.12. The molecule has 0 aromatic carbocycles. The maximum atomic E-state index is 11.6. The Morgan fingerprint density at radius 1 is 1.12 bits per heavy atom. The molecule has 3 unspecified atom stereocenters. The van der Waals surface area contributed by atoms with Gasteiger partial charge in [0, 0.05) is 12.0 Å². The molecule has 0 aliphatic carbocycles. The van der Waals surface area contributed by atoms with E-state index in [0.29, 0.717) is 0 Å². The second-order valence-corrected chi connectivity index (χ2v) is 4.28. The maximum absolute atomic E-state index is 11.6. The van der Waals surface area contributed by atoms with Crippen molar-refractivity contribution in [2.24, 2.45) is 23.3 Å². The van der Waals surface area contributed by atoms with Gasteiger partial charge in [-0.1, -0.05) is 20.8 Å². The van der Waals surface area contributed by atoms with E-state index < -0.39 is 11.9 Å². The van der Waals surface area contributed by atoms with Gasteiger partial charge in [-0.15, -0.1) is 12.4 Å². The fourth-order valence-electron chi connectivity index (χ4n) is 1.09. The summed E-state index contributed by atoms with van der Waals surface area (Å²) in [5.74, 6) is -1.10. The number of primary amides is 1. The zero-order valence-electron chi connectivity index (χ0n) is 10.2. The van der Waals surface area contributed by atoms with Crippen molar-refractivity contribution in [3.05, 3.63) is 0 Å². The first-order valence-corrected chi connectivity index (χ1v) is 5.12. The number of halogens is 1. The molecule has 0 aromatic rings. The zero-order chi connectivity index (χ0) is 12.2. The highest BCUT2D eigenvalue weighted by Crippen LogP contribution is 2.05. The molecular formula is C10H22ClN3O2. The van der Waals surface area contributed by atoms with Crippen LogP contribution in [0.2, 0.25) is 0 Å². The lowest BCUT2D eigenvalue weighted by molar-refractivity contribution is -0.130. The maximum Gasteiger partial charge on any atom is 0.240 e. The fourth-order valence-corrected chi connectivity index (χ4v) is 1.09. The van der Waals surface area contributed by atoms with Crippen LogP contribution in [0.5, 0.6) is 0 Å². The predicted molar refractivity (Wildman–Crippen MR) is 66.0 cm³/mol. The summed E-state index contributed by atoms with van der Waals surface area (Å²) in [5.41, 5.74) is 10.8. The van der Waals surface area contributed by atoms with E-state index in [1.165, 1.54) is 0 Å². The Labute approximate surface area is 103 Å². The third-order valence-electron chi connectivity index (χ3n) is 2.47. The molecule has 0 radical (unpaired) electrons. The number of rotatable bonds is 5. The van der Waals surface area contributed by atoms with E-state index >= 15 is 0 Å². The van der Waals surface area contributed by atoms with E-state index in [1.54, 1.807) is 13.8 Å². The first kappa shape index (κ1) is 17.6. The van der Waals surface area contributed by atoms with Gasteiger partial charge in [0.2, 0.25) is 11.8 Å². The van der Waals surface area contributed by atoms with Gasteiger partial charge in [0.05, 0.1) is 0 Å². The normalized spacial score (nSPS) is 15.9. The van der Waals surface area contributed by atoms with Crippen LogP contribution >= 0.6 is 12.4 Å². The van der Waals surface area contributed by atoms with Gasteiger partial charge in [0.1, 0.15) is 6.04 Å². The number of amides is 2. The molecule has 0 fully saturated rings. The van der Waals surface area contributed by atoms with E-state index in [1.807, 2.05) is 13.8 Å². The standard InChI is InChI=1S/C10H21N3O2.ClH/c1-5(2)8(9(12)14)13-10(15)6(3)7(4)11;/h5-8H,11H2,1-4H3,(H2,12,14)(H,13,15);1H. The zero-order valence-corrected chi connectivity index (χ0v) is 11.0. The average molecular weight is 252 g/mol. The number of nitrogens with one attached hydrogen (secondary N) is 1. The molecule has 0 rings (SSSR count). The highest BCUT2D eigenvalue weighted by atomic mass is 35.5. The van der Waals surface area contributed by atoms with Crippen LogP contribution < -0.4 is 16.8 Å². The molecule has 96 valence electrons. The van der Waals surface area contributed by atoms with Crippen LogP contribution in [0.4, 0.5) is 0 Å². The molecule has 0 aliphatic heterocycles. The lowest BCUT2D eigenvalue weighted by Crippen LogP contribution is -2.51. The van der Waals surface area contributed by atoms with Gasteiger partial charge < -0.3 is 16.8 Å². The summed E-state index contributed by atoms with van der Waals surface area (Å²) in [5, 5.41) is 2.60. The van der Waals surface area contributed by atoms with Gasteiger partial charge in [0.15, 0.2) is 0 Å². The van der Waals surface area contributed by atoms with Crippen molar-refractivity contribution in [2.45, 2.75) is 39.8 Å². The molecule has 2 amide bonds. The summed E-state index contributed by atoms with van der Waals surface area (Å²) in [7, 11) is 0. The quantitative estimate of drug-likeness (QED) is 0.642. The number of carbonyl (C=O) groups excluding carboxylic acids is 2. The average Bonchev–Trinajstić information content (AvgIpc) is 2.11. The van der Waals surface area contributed by atoms with Crippen LogP contribution in [0.3, 0.4) is 0 Å². The summed E-state index contributed by atoms with van der Waals surface area (Å²) in [6.07, 6.45) is 0. The van der Waals surface area contributed by atoms with Gasteiger partial charge in [-0.25, -0.2) is 0 Å². The molecule has 6 heteroatoms. The van der Waals surface area contributed by atoms with Crippen molar-refractivity contribution < 1.29 is 9.59 Å². The third kappa shape index (κ3) is 5.32. The summed E-state index contributed by atoms with van der Waals surface area (Å²) in [4.78, 5) is 22.7. The van der Waals surface area contributed by atoms with Gasteiger partial charge in [0.25, 0.3) is 0 Å². The molecule has 16 heavy (non-hydrogen) atoms. The minimum absolute atomic E-state index is 0. The van der Waals surface area contributed by atoms with Crippen molar-refractivity contribution in [3.63, 3.8) is 0 Å². The minimum Gasteiger partial charge on any atom is -0.368 e. The molecule has 0 spiro atoms. The molecule has 0 saturated heterocycles. The van der Waals surface area contributed by atoms with E-state index in [4.69, 9.17) is 11.5 Å². The van der Waals surface area contributed by atoms with E-state index in [0.717, 1.165) is 0 Å². The van der Waals surface area contributed by atoms with Gasteiger partial charge in [-0.3, -0.25) is 9.59 Å². The molecular weight excluding hydrogens is 230 g/mol. The Balaban J connectivity index is 0. The largest absolute Gasteiger partial charge is 0.368 e. The fraction of sp³-hybridized carbons (Fsp3) is 0.800. The van der Waals surface area contributed by atoms with Crippen LogP contribution in [0.15, 0.2) is 0 Å². The Bertz CT molecular complexity index is 244. The van der Waals surface area contributed by atoms with Crippen LogP contribution in [0.1, 0.15) is 27.7 Å². The molecule has 0 aromatic heterocycles. The van der Waals surface area contributed by atoms with Crippen molar-refractivity contribution in [1.82, 2.24) is 5.32 Å². The van der Waals surface area contributed by atoms with Crippen molar-refractivity contribution in [1.29, 1.82) is 0 Å². The monoisotopic (exact) mass is 251 g/mol. The smallest absolute Gasteiger partial charge is 0.240 e. The lowest BCUT2D eigenvalue weighted by Gasteiger charge is -2.22. The molecule has 3 atom stereocenters. The first-order chi connectivity index (χ1) is 6.77. The van der Waals surface area contributed by atoms with Gasteiger partial charge in [-0.05, 0) is 12.8 Å². The number of hydrogen-bond donors (Lipinski definition) is 3. The van der Waals surface area contributed by atoms with Crippen molar-refractivity contribution in [2.75, 3.05) is 0 Å². The summed E-state index contributed by atoms with van der Waals surface area (Å²) in [6, 6.07) is -0.871. The highest BCUT2D eigenvalue weighted by Gasteiger charge is 2.25. The SMILES string of the molecule is CC(C)C(NC(=O)C(C)C(C)N)C(N)=O.Cl. The minimum atomic E-state index is -0.626. The van der Waals surface area contributed by atoms with Gasteiger partial charge in [-0.2, -0.15) is 0 Å². The molecule has 0 bridgehead atoms. The predicted octanol–water partition coefficient (Wildman–Crippen LogP) is 0.0176. The molecule has 0 saturated carbocycles. The van der Waals surface area contributed by atoms with Crippen LogP contribution in [0.25, 0.3) is 0 Å². The second-order valence-electron chi connectivity index (χ2n) is 4.28. The Hall–Kier alpha value is -0.810. The number of nitrogens with two attached hydrogens (primary N) is 2. The Kier molecular flexibility index (Phi) is 8.20. The highest BCUT2D eigenvalue weighted by molar-refractivity contribution is 5.87. The van der Waals surface area contributed by atoms with Crippen LogP contribution in [-0.4, -0.2) is 23.9 Å². The summed E-state index contributed by atoms with van der Waals surface area (Å²) >= 11 is 0. The Morgan fingerprint density at radius 2 is 1.56 bits per heavy atom. The van der Waals surface area contributed by atoms with E-state index in [2.05, 4.69) is 5.32 Å². The van der Waals surface area contributed by atoms with Crippen LogP contribution in [-0.2, 0) is 9.59 Å². The van der Waals surface area contributed by atoms with E-state index in [9.17, 15) is 9.59 Å². The van der Waals surface area contributed by atoms with Gasteiger partial charge >= 0.3 is 0 Å². The van der Waals surface area contributed by atoms with Crippen molar-refractivity contribution >= 4 is 24.2 Å². The first-order valence-electron chi connectivity index (χ1n) is 5.12. The number of carbonyl (C=O) groups is 2. The molecule has 5 nitrogen and oxygen atoms in total. The molecule has 0 heterocycles. The van der Waals surface area contributed by atoms with Crippen molar-refractivity contribution in [3.8, 4) is 0 Å². The van der Waals surface area contributed by atoms with E-state index in [-0.39, 0.29) is 36.2 Å². The van der Waals surface area contributed by atoms with Crippen LogP contribution in [0, 0.1) is 11.8 Å². The topological polar surface area (TPSA) is 98.2 Å². The third-order valence-corrected chi connectivity index (χ3v) is 2.47.